The predicted molar refractivity (Wildman–Crippen MR) is 88.2 cm³/mol. The monoisotopic (exact) mass is 383 g/mol. The molecule has 0 saturated heterocycles. The van der Waals surface area contributed by atoms with E-state index in [9.17, 15) is 9.59 Å². The second-order valence-electron chi connectivity index (χ2n) is 4.21. The standard InChI is InChI=1S/C14H14BrN3O3S/c1-3-21-14(20)10-11(16)17-18(13(10)22-2)12(19)8-4-6-9(15)7-5-8/h4-7H,3H2,1-2H3,(H2,16,17). The zero-order chi connectivity index (χ0) is 16.3. The third-order valence-electron chi connectivity index (χ3n) is 2.83. The number of carbonyl (C=O) groups excluding carboxylic acids is 2. The SMILES string of the molecule is CCOC(=O)c1c(N)nn(C(=O)c2ccc(Br)cc2)c1SC. The Morgan fingerprint density at radius 3 is 2.55 bits per heavy atom. The fourth-order valence-corrected chi connectivity index (χ4v) is 2.81. The summed E-state index contributed by atoms with van der Waals surface area (Å²) in [5, 5.41) is 4.36. The van der Waals surface area contributed by atoms with E-state index >= 15 is 0 Å². The van der Waals surface area contributed by atoms with Crippen LogP contribution in [0, 0.1) is 0 Å². The summed E-state index contributed by atoms with van der Waals surface area (Å²) in [4.78, 5) is 24.5. The van der Waals surface area contributed by atoms with E-state index in [1.54, 1.807) is 37.4 Å². The molecule has 0 bridgehead atoms. The van der Waals surface area contributed by atoms with Gasteiger partial charge in [0.15, 0.2) is 5.82 Å². The first kappa shape index (κ1) is 16.6. The van der Waals surface area contributed by atoms with Crippen LogP contribution in [-0.2, 0) is 4.74 Å². The molecular weight excluding hydrogens is 370 g/mol. The number of nitrogen functional groups attached to an aromatic ring is 1. The number of nitrogens with two attached hydrogens (primary N) is 1. The summed E-state index contributed by atoms with van der Waals surface area (Å²) >= 11 is 4.52. The number of esters is 1. The third kappa shape index (κ3) is 3.17. The van der Waals surface area contributed by atoms with Gasteiger partial charge >= 0.3 is 5.97 Å². The van der Waals surface area contributed by atoms with Gasteiger partial charge in [-0.05, 0) is 37.4 Å². The Hall–Kier alpha value is -1.80. The van der Waals surface area contributed by atoms with Crippen LogP contribution in [0.25, 0.3) is 0 Å². The van der Waals surface area contributed by atoms with Gasteiger partial charge in [-0.2, -0.15) is 4.68 Å². The zero-order valence-corrected chi connectivity index (χ0v) is 14.4. The quantitative estimate of drug-likeness (QED) is 0.644. The normalized spacial score (nSPS) is 10.5. The van der Waals surface area contributed by atoms with Crippen molar-refractivity contribution in [3.8, 4) is 0 Å². The van der Waals surface area contributed by atoms with Gasteiger partial charge < -0.3 is 10.5 Å². The van der Waals surface area contributed by atoms with Gasteiger partial charge in [-0.25, -0.2) is 4.79 Å². The van der Waals surface area contributed by atoms with Crippen LogP contribution >= 0.6 is 27.7 Å². The highest BCUT2D eigenvalue weighted by Gasteiger charge is 2.26. The average molecular weight is 384 g/mol. The maximum absolute atomic E-state index is 12.5. The molecule has 0 aliphatic rings. The lowest BCUT2D eigenvalue weighted by Gasteiger charge is -2.06. The minimum absolute atomic E-state index is 0.0201. The minimum atomic E-state index is -0.584. The van der Waals surface area contributed by atoms with Gasteiger partial charge in [0.25, 0.3) is 5.91 Å². The Balaban J connectivity index is 2.47. The maximum atomic E-state index is 12.5. The number of benzene rings is 1. The van der Waals surface area contributed by atoms with Crippen LogP contribution in [0.1, 0.15) is 27.6 Å². The molecule has 0 radical (unpaired) electrons. The van der Waals surface area contributed by atoms with Crippen LogP contribution in [0.4, 0.5) is 5.82 Å². The molecule has 2 aromatic rings. The van der Waals surface area contributed by atoms with E-state index in [4.69, 9.17) is 10.5 Å². The largest absolute Gasteiger partial charge is 0.462 e. The van der Waals surface area contributed by atoms with Gasteiger partial charge in [-0.1, -0.05) is 15.9 Å². The fourth-order valence-electron chi connectivity index (χ4n) is 1.85. The molecule has 0 fully saturated rings. The molecule has 0 atom stereocenters. The van der Waals surface area contributed by atoms with Crippen molar-refractivity contribution in [3.05, 3.63) is 39.9 Å². The molecule has 0 amide bonds. The summed E-state index contributed by atoms with van der Waals surface area (Å²) in [7, 11) is 0. The molecule has 2 rings (SSSR count). The molecule has 0 aliphatic heterocycles. The van der Waals surface area contributed by atoms with Gasteiger partial charge in [0.2, 0.25) is 0 Å². The number of rotatable bonds is 4. The summed E-state index contributed by atoms with van der Waals surface area (Å²) in [5.41, 5.74) is 6.35. The highest BCUT2D eigenvalue weighted by atomic mass is 79.9. The molecule has 6 nitrogen and oxygen atoms in total. The molecule has 22 heavy (non-hydrogen) atoms. The average Bonchev–Trinajstić information content (AvgIpc) is 2.84. The Morgan fingerprint density at radius 1 is 1.36 bits per heavy atom. The predicted octanol–water partition coefficient (Wildman–Crippen LogP) is 2.81. The molecular formula is C14H14BrN3O3S. The van der Waals surface area contributed by atoms with Crippen molar-refractivity contribution < 1.29 is 14.3 Å². The highest BCUT2D eigenvalue weighted by molar-refractivity contribution is 9.10. The van der Waals surface area contributed by atoms with Crippen molar-refractivity contribution in [2.45, 2.75) is 11.9 Å². The molecule has 1 heterocycles. The Labute approximate surface area is 140 Å². The number of halogens is 1. The number of hydrogen-bond donors (Lipinski definition) is 1. The molecule has 2 N–H and O–H groups in total. The van der Waals surface area contributed by atoms with E-state index in [-0.39, 0.29) is 23.9 Å². The van der Waals surface area contributed by atoms with Crippen molar-refractivity contribution in [2.75, 3.05) is 18.6 Å². The molecule has 0 spiro atoms. The second-order valence-corrected chi connectivity index (χ2v) is 5.92. The van der Waals surface area contributed by atoms with Gasteiger partial charge in [0.1, 0.15) is 10.6 Å². The van der Waals surface area contributed by atoms with Gasteiger partial charge in [-0.3, -0.25) is 4.79 Å². The Kier molecular flexibility index (Phi) is 5.25. The first-order chi connectivity index (χ1) is 10.5. The summed E-state index contributed by atoms with van der Waals surface area (Å²) in [6.45, 7) is 1.92. The van der Waals surface area contributed by atoms with Crippen molar-refractivity contribution >= 4 is 45.4 Å². The number of thioether (sulfide) groups is 1. The van der Waals surface area contributed by atoms with E-state index in [2.05, 4.69) is 21.0 Å². The maximum Gasteiger partial charge on any atom is 0.344 e. The Bertz CT molecular complexity index is 713. The van der Waals surface area contributed by atoms with E-state index in [0.717, 1.165) is 9.15 Å². The molecule has 0 aliphatic carbocycles. The van der Waals surface area contributed by atoms with Crippen molar-refractivity contribution in [3.63, 3.8) is 0 Å². The van der Waals surface area contributed by atoms with Crippen LogP contribution in [0.2, 0.25) is 0 Å². The fraction of sp³-hybridized carbons (Fsp3) is 0.214. The Morgan fingerprint density at radius 2 is 2.00 bits per heavy atom. The first-order valence-electron chi connectivity index (χ1n) is 6.39. The van der Waals surface area contributed by atoms with E-state index < -0.39 is 5.97 Å². The number of ether oxygens (including phenoxy) is 1. The number of hydrogen-bond acceptors (Lipinski definition) is 6. The summed E-state index contributed by atoms with van der Waals surface area (Å²) in [6, 6.07) is 6.84. The molecule has 8 heteroatoms. The van der Waals surface area contributed by atoms with E-state index in [1.165, 1.54) is 11.8 Å². The molecule has 116 valence electrons. The summed E-state index contributed by atoms with van der Waals surface area (Å²) < 4.78 is 6.96. The molecule has 0 saturated carbocycles. The number of aromatic nitrogens is 2. The number of nitrogens with zero attached hydrogens (tertiary/aromatic N) is 2. The van der Waals surface area contributed by atoms with Gasteiger partial charge in [0.05, 0.1) is 6.61 Å². The molecule has 1 aromatic heterocycles. The van der Waals surface area contributed by atoms with Gasteiger partial charge in [-0.15, -0.1) is 16.9 Å². The van der Waals surface area contributed by atoms with Crippen LogP contribution < -0.4 is 5.73 Å². The lowest BCUT2D eigenvalue weighted by molar-refractivity contribution is 0.0523. The van der Waals surface area contributed by atoms with Crippen LogP contribution in [-0.4, -0.2) is 34.5 Å². The summed E-state index contributed by atoms with van der Waals surface area (Å²) in [5.74, 6) is -0.966. The third-order valence-corrected chi connectivity index (χ3v) is 4.12. The summed E-state index contributed by atoms with van der Waals surface area (Å²) in [6.07, 6.45) is 1.74. The van der Waals surface area contributed by atoms with E-state index in [0.29, 0.717) is 10.6 Å². The lowest BCUT2D eigenvalue weighted by atomic mass is 10.2. The van der Waals surface area contributed by atoms with Crippen LogP contribution in [0.15, 0.2) is 33.8 Å². The van der Waals surface area contributed by atoms with Gasteiger partial charge in [0, 0.05) is 10.0 Å². The molecule has 0 unspecified atom stereocenters. The highest BCUT2D eigenvalue weighted by Crippen LogP contribution is 2.27. The van der Waals surface area contributed by atoms with Crippen LogP contribution in [0.3, 0.4) is 0 Å². The number of anilines is 1. The first-order valence-corrected chi connectivity index (χ1v) is 8.41. The van der Waals surface area contributed by atoms with Crippen molar-refractivity contribution in [1.29, 1.82) is 0 Å². The topological polar surface area (TPSA) is 87.2 Å². The second kappa shape index (κ2) is 6.97. The number of carbonyl (C=O) groups is 2. The van der Waals surface area contributed by atoms with Crippen molar-refractivity contribution in [2.24, 2.45) is 0 Å². The molecule has 1 aromatic carbocycles. The smallest absolute Gasteiger partial charge is 0.344 e. The van der Waals surface area contributed by atoms with E-state index in [1.807, 2.05) is 0 Å². The minimum Gasteiger partial charge on any atom is -0.462 e. The lowest BCUT2D eigenvalue weighted by Crippen LogP contribution is -2.15. The zero-order valence-electron chi connectivity index (χ0n) is 12.0. The van der Waals surface area contributed by atoms with Crippen LogP contribution in [0.5, 0.6) is 0 Å². The van der Waals surface area contributed by atoms with Crippen molar-refractivity contribution in [1.82, 2.24) is 9.78 Å².